The molecular weight excluding hydrogens is 292 g/mol. The Labute approximate surface area is 134 Å². The number of esters is 1. The normalized spacial score (nSPS) is 15.2. The molecule has 0 saturated carbocycles. The first-order valence-electron chi connectivity index (χ1n) is 7.40. The molecular formula is C18H18N2O3. The number of nitrogens with one attached hydrogen (secondary N) is 1. The standard InChI is InChI=1S/C18H18N2O3/c1-11-8-12(2)19-16(11)9-15-14-6-4-5-7-17(14)20(18(15)22)10-23-13(3)21/h4-9,19H,10H2,1-3H3/b15-9+. The summed E-state index contributed by atoms with van der Waals surface area (Å²) < 4.78 is 5.01. The van der Waals surface area contributed by atoms with E-state index in [4.69, 9.17) is 4.74 Å². The predicted molar refractivity (Wildman–Crippen MR) is 88.7 cm³/mol. The molecule has 1 aliphatic heterocycles. The number of aryl methyl sites for hydroxylation is 2. The molecule has 0 bridgehead atoms. The SMILES string of the molecule is CC(=O)OCN1C(=O)/C(=C/c2[nH]c(C)cc2C)c2ccccc21. The number of para-hydroxylation sites is 1. The molecule has 23 heavy (non-hydrogen) atoms. The molecule has 1 amide bonds. The van der Waals surface area contributed by atoms with Crippen molar-refractivity contribution in [2.24, 2.45) is 0 Å². The quantitative estimate of drug-likeness (QED) is 0.700. The molecule has 1 aromatic heterocycles. The maximum absolute atomic E-state index is 12.7. The van der Waals surface area contributed by atoms with Crippen LogP contribution in [0.25, 0.3) is 11.6 Å². The summed E-state index contributed by atoms with van der Waals surface area (Å²) in [6.45, 7) is 5.23. The molecule has 0 saturated heterocycles. The van der Waals surface area contributed by atoms with Crippen LogP contribution in [-0.2, 0) is 14.3 Å². The second kappa shape index (κ2) is 5.76. The van der Waals surface area contributed by atoms with Gasteiger partial charge in [0.1, 0.15) is 0 Å². The van der Waals surface area contributed by atoms with Crippen LogP contribution in [-0.4, -0.2) is 23.6 Å². The zero-order chi connectivity index (χ0) is 16.6. The molecule has 0 aliphatic carbocycles. The number of aromatic amines is 1. The number of hydrogen-bond donors (Lipinski definition) is 1. The lowest BCUT2D eigenvalue weighted by Crippen LogP contribution is -2.30. The van der Waals surface area contributed by atoms with Gasteiger partial charge in [-0.05, 0) is 37.6 Å². The van der Waals surface area contributed by atoms with E-state index in [0.717, 1.165) is 28.2 Å². The fraction of sp³-hybridized carbons (Fsp3) is 0.222. The monoisotopic (exact) mass is 310 g/mol. The maximum atomic E-state index is 12.7. The Morgan fingerprint density at radius 2 is 2.04 bits per heavy atom. The lowest BCUT2D eigenvalue weighted by atomic mass is 10.1. The van der Waals surface area contributed by atoms with Crippen molar-refractivity contribution >= 4 is 29.2 Å². The van der Waals surface area contributed by atoms with Gasteiger partial charge < -0.3 is 9.72 Å². The van der Waals surface area contributed by atoms with Crippen molar-refractivity contribution in [3.8, 4) is 0 Å². The van der Waals surface area contributed by atoms with Crippen LogP contribution in [0, 0.1) is 13.8 Å². The number of fused-ring (bicyclic) bond motifs is 1. The van der Waals surface area contributed by atoms with Gasteiger partial charge >= 0.3 is 5.97 Å². The molecule has 0 spiro atoms. The van der Waals surface area contributed by atoms with E-state index in [9.17, 15) is 9.59 Å². The highest BCUT2D eigenvalue weighted by Crippen LogP contribution is 2.37. The molecule has 5 heteroatoms. The summed E-state index contributed by atoms with van der Waals surface area (Å²) in [5.74, 6) is -0.581. The van der Waals surface area contributed by atoms with Crippen molar-refractivity contribution in [3.63, 3.8) is 0 Å². The number of amides is 1. The van der Waals surface area contributed by atoms with E-state index in [-0.39, 0.29) is 12.6 Å². The fourth-order valence-corrected chi connectivity index (χ4v) is 2.77. The number of hydrogen-bond acceptors (Lipinski definition) is 3. The van der Waals surface area contributed by atoms with Crippen molar-refractivity contribution in [1.29, 1.82) is 0 Å². The zero-order valence-electron chi connectivity index (χ0n) is 13.3. The van der Waals surface area contributed by atoms with Crippen LogP contribution in [0.2, 0.25) is 0 Å². The molecule has 1 aliphatic rings. The van der Waals surface area contributed by atoms with Gasteiger partial charge in [0.25, 0.3) is 5.91 Å². The van der Waals surface area contributed by atoms with E-state index >= 15 is 0 Å². The Kier molecular flexibility index (Phi) is 3.78. The van der Waals surface area contributed by atoms with Gasteiger partial charge in [0, 0.05) is 23.9 Å². The van der Waals surface area contributed by atoms with Crippen LogP contribution < -0.4 is 4.90 Å². The third kappa shape index (κ3) is 2.77. The number of benzene rings is 1. The van der Waals surface area contributed by atoms with Gasteiger partial charge in [-0.15, -0.1) is 0 Å². The molecule has 118 valence electrons. The molecule has 0 fully saturated rings. The Bertz CT molecular complexity index is 817. The van der Waals surface area contributed by atoms with Crippen molar-refractivity contribution in [2.45, 2.75) is 20.8 Å². The summed E-state index contributed by atoms with van der Waals surface area (Å²) in [6, 6.07) is 9.54. The highest BCUT2D eigenvalue weighted by Gasteiger charge is 2.32. The van der Waals surface area contributed by atoms with Gasteiger partial charge in [0.2, 0.25) is 0 Å². The third-order valence-electron chi connectivity index (χ3n) is 3.84. The van der Waals surface area contributed by atoms with Crippen molar-refractivity contribution in [3.05, 3.63) is 52.8 Å². The minimum absolute atomic E-state index is 0.0781. The van der Waals surface area contributed by atoms with Gasteiger partial charge in [-0.2, -0.15) is 0 Å². The van der Waals surface area contributed by atoms with Crippen molar-refractivity contribution < 1.29 is 14.3 Å². The second-order valence-corrected chi connectivity index (χ2v) is 5.62. The molecule has 1 N–H and O–H groups in total. The number of aromatic nitrogens is 1. The minimum Gasteiger partial charge on any atom is -0.444 e. The van der Waals surface area contributed by atoms with E-state index in [1.807, 2.05) is 50.3 Å². The summed E-state index contributed by atoms with van der Waals surface area (Å²) in [6.07, 6.45) is 1.86. The Balaban J connectivity index is 2.03. The number of ether oxygens (including phenoxy) is 1. The average molecular weight is 310 g/mol. The Hall–Kier alpha value is -2.82. The lowest BCUT2D eigenvalue weighted by molar-refractivity contribution is -0.141. The lowest BCUT2D eigenvalue weighted by Gasteiger charge is -2.16. The van der Waals surface area contributed by atoms with Crippen LogP contribution in [0.4, 0.5) is 5.69 Å². The number of nitrogens with zero attached hydrogens (tertiary/aromatic N) is 1. The number of anilines is 1. The number of rotatable bonds is 3. The van der Waals surface area contributed by atoms with Crippen molar-refractivity contribution in [1.82, 2.24) is 4.98 Å². The van der Waals surface area contributed by atoms with Crippen LogP contribution in [0.1, 0.15) is 29.4 Å². The fourth-order valence-electron chi connectivity index (χ4n) is 2.77. The summed E-state index contributed by atoms with van der Waals surface area (Å²) in [4.78, 5) is 28.5. The highest BCUT2D eigenvalue weighted by atomic mass is 16.5. The van der Waals surface area contributed by atoms with E-state index in [1.54, 1.807) is 0 Å². The molecule has 2 aromatic rings. The first kappa shape index (κ1) is 15.1. The molecule has 1 aromatic carbocycles. The first-order chi connectivity index (χ1) is 11.0. The second-order valence-electron chi connectivity index (χ2n) is 5.62. The Morgan fingerprint density at radius 1 is 1.30 bits per heavy atom. The summed E-state index contributed by atoms with van der Waals surface area (Å²) in [5, 5.41) is 0. The Morgan fingerprint density at radius 3 is 2.70 bits per heavy atom. The highest BCUT2D eigenvalue weighted by molar-refractivity contribution is 6.35. The molecule has 5 nitrogen and oxygen atoms in total. The first-order valence-corrected chi connectivity index (χ1v) is 7.40. The van der Waals surface area contributed by atoms with Crippen LogP contribution in [0.3, 0.4) is 0 Å². The van der Waals surface area contributed by atoms with E-state index in [2.05, 4.69) is 4.98 Å². The smallest absolute Gasteiger partial charge is 0.304 e. The number of carbonyl (C=O) groups excluding carboxylic acids is 2. The number of H-pyrrole nitrogens is 1. The van der Waals surface area contributed by atoms with E-state index < -0.39 is 5.97 Å². The zero-order valence-corrected chi connectivity index (χ0v) is 13.3. The van der Waals surface area contributed by atoms with Crippen LogP contribution >= 0.6 is 0 Å². The third-order valence-corrected chi connectivity index (χ3v) is 3.84. The van der Waals surface area contributed by atoms with Gasteiger partial charge in [-0.3, -0.25) is 14.5 Å². The van der Waals surface area contributed by atoms with Gasteiger partial charge in [-0.1, -0.05) is 18.2 Å². The molecule has 0 unspecified atom stereocenters. The van der Waals surface area contributed by atoms with Gasteiger partial charge in [-0.25, -0.2) is 0 Å². The molecule has 0 radical (unpaired) electrons. The summed E-state index contributed by atoms with van der Waals surface area (Å²) in [7, 11) is 0. The average Bonchev–Trinajstić information content (AvgIpc) is 2.95. The van der Waals surface area contributed by atoms with Gasteiger partial charge in [0.05, 0.1) is 11.3 Å². The predicted octanol–water partition coefficient (Wildman–Crippen LogP) is 3.04. The topological polar surface area (TPSA) is 62.4 Å². The largest absolute Gasteiger partial charge is 0.444 e. The molecule has 3 rings (SSSR count). The molecule has 0 atom stereocenters. The van der Waals surface area contributed by atoms with Gasteiger partial charge in [0.15, 0.2) is 6.73 Å². The van der Waals surface area contributed by atoms with Crippen LogP contribution in [0.5, 0.6) is 0 Å². The number of carbonyl (C=O) groups is 2. The minimum atomic E-state index is -0.413. The van der Waals surface area contributed by atoms with E-state index in [1.165, 1.54) is 11.8 Å². The van der Waals surface area contributed by atoms with E-state index in [0.29, 0.717) is 5.57 Å². The van der Waals surface area contributed by atoms with Crippen LogP contribution in [0.15, 0.2) is 30.3 Å². The summed E-state index contributed by atoms with van der Waals surface area (Å²) >= 11 is 0. The summed E-state index contributed by atoms with van der Waals surface area (Å²) in [5.41, 5.74) is 5.23. The van der Waals surface area contributed by atoms with Crippen molar-refractivity contribution in [2.75, 3.05) is 11.6 Å². The maximum Gasteiger partial charge on any atom is 0.304 e. The molecule has 2 heterocycles.